The molecule has 0 spiro atoms. The van der Waals surface area contributed by atoms with Gasteiger partial charge in [-0.3, -0.25) is 4.79 Å². The minimum absolute atomic E-state index is 0.0337. The fraction of sp³-hybridized carbons (Fsp3) is 0.435. The van der Waals surface area contributed by atoms with E-state index in [2.05, 4.69) is 10.6 Å². The first kappa shape index (κ1) is 21.1. The van der Waals surface area contributed by atoms with Gasteiger partial charge in [-0.15, -0.1) is 0 Å². The van der Waals surface area contributed by atoms with Gasteiger partial charge in [0.1, 0.15) is 30.8 Å². The molecule has 1 unspecified atom stereocenters. The lowest BCUT2D eigenvalue weighted by atomic mass is 10.0. The molecule has 2 aromatic carbocycles. The fourth-order valence-corrected chi connectivity index (χ4v) is 3.09. The molecule has 1 aliphatic heterocycles. The maximum atomic E-state index is 12.0. The molecule has 2 aromatic rings. The molecule has 0 radical (unpaired) electrons. The van der Waals surface area contributed by atoms with E-state index in [1.807, 2.05) is 63.2 Å². The Morgan fingerprint density at radius 3 is 2.52 bits per heavy atom. The number of fused-ring (bicyclic) bond motifs is 1. The molecule has 0 fully saturated rings. The highest BCUT2D eigenvalue weighted by Gasteiger charge is 2.23. The summed E-state index contributed by atoms with van der Waals surface area (Å²) in [7, 11) is 0. The molecule has 3 rings (SSSR count). The predicted octanol–water partition coefficient (Wildman–Crippen LogP) is 3.28. The molecule has 6 nitrogen and oxygen atoms in total. The van der Waals surface area contributed by atoms with Crippen molar-refractivity contribution < 1.29 is 19.4 Å². The number of rotatable bonds is 8. The average molecular weight is 399 g/mol. The average Bonchev–Trinajstić information content (AvgIpc) is 2.69. The first-order chi connectivity index (χ1) is 13.8. The van der Waals surface area contributed by atoms with Gasteiger partial charge in [-0.2, -0.15) is 0 Å². The second-order valence-electron chi connectivity index (χ2n) is 8.33. The minimum atomic E-state index is -0.628. The zero-order chi connectivity index (χ0) is 20.9. The molecular formula is C23H30N2O4. The lowest BCUT2D eigenvalue weighted by Gasteiger charge is -2.25. The number of nitrogens with one attached hydrogen (secondary N) is 2. The predicted molar refractivity (Wildman–Crippen MR) is 113 cm³/mol. The number of β-amino-alcohol motifs (C(OH)–C–C–N with tert-alkyl or cyclic N) is 1. The Morgan fingerprint density at radius 2 is 1.79 bits per heavy atom. The van der Waals surface area contributed by atoms with Gasteiger partial charge < -0.3 is 25.2 Å². The second-order valence-corrected chi connectivity index (χ2v) is 8.33. The molecule has 1 aliphatic rings. The molecular weight excluding hydrogens is 368 g/mol. The highest BCUT2D eigenvalue weighted by molar-refractivity contribution is 5.96. The number of hydrogen-bond donors (Lipinski definition) is 3. The first-order valence-electron chi connectivity index (χ1n) is 10.00. The number of carbonyl (C=O) groups is 1. The van der Waals surface area contributed by atoms with Crippen LogP contribution in [0, 0.1) is 0 Å². The van der Waals surface area contributed by atoms with Gasteiger partial charge in [0.25, 0.3) is 0 Å². The van der Waals surface area contributed by atoms with Crippen LogP contribution in [-0.4, -0.2) is 35.8 Å². The van der Waals surface area contributed by atoms with Crippen molar-refractivity contribution in [3.63, 3.8) is 0 Å². The Morgan fingerprint density at radius 1 is 1.07 bits per heavy atom. The summed E-state index contributed by atoms with van der Waals surface area (Å²) in [5.41, 5.74) is 2.56. The van der Waals surface area contributed by atoms with Gasteiger partial charge in [0.15, 0.2) is 0 Å². The molecule has 29 heavy (non-hydrogen) atoms. The van der Waals surface area contributed by atoms with Crippen LogP contribution in [0.5, 0.6) is 11.5 Å². The summed E-state index contributed by atoms with van der Waals surface area (Å²) in [5.74, 6) is 1.26. The van der Waals surface area contributed by atoms with Gasteiger partial charge in [-0.25, -0.2) is 0 Å². The van der Waals surface area contributed by atoms with Gasteiger partial charge in [-0.1, -0.05) is 30.3 Å². The van der Waals surface area contributed by atoms with E-state index in [-0.39, 0.29) is 18.1 Å². The number of ether oxygens (including phenoxy) is 2. The number of aliphatic hydroxyl groups excluding tert-OH is 1. The number of hydrogen-bond acceptors (Lipinski definition) is 5. The van der Waals surface area contributed by atoms with Gasteiger partial charge >= 0.3 is 0 Å². The smallest absolute Gasteiger partial charge is 0.224 e. The van der Waals surface area contributed by atoms with E-state index in [0.29, 0.717) is 43.2 Å². The van der Waals surface area contributed by atoms with E-state index in [1.54, 1.807) is 0 Å². The highest BCUT2D eigenvalue weighted by Crippen LogP contribution is 2.39. The third kappa shape index (κ3) is 6.21. The lowest BCUT2D eigenvalue weighted by molar-refractivity contribution is -0.116. The fourth-order valence-electron chi connectivity index (χ4n) is 3.09. The van der Waals surface area contributed by atoms with E-state index in [9.17, 15) is 9.90 Å². The van der Waals surface area contributed by atoms with Crippen LogP contribution in [0.25, 0.3) is 0 Å². The van der Waals surface area contributed by atoms with Crippen molar-refractivity contribution in [2.45, 2.75) is 51.9 Å². The zero-order valence-electron chi connectivity index (χ0n) is 17.3. The Balaban J connectivity index is 1.69. The molecule has 156 valence electrons. The summed E-state index contributed by atoms with van der Waals surface area (Å²) in [6.07, 6.45) is 0.353. The maximum Gasteiger partial charge on any atom is 0.224 e. The molecule has 0 bridgehead atoms. The lowest BCUT2D eigenvalue weighted by Crippen LogP contribution is -2.42. The van der Waals surface area contributed by atoms with Crippen LogP contribution in [-0.2, 0) is 17.8 Å². The zero-order valence-corrected chi connectivity index (χ0v) is 17.3. The second kappa shape index (κ2) is 9.29. The van der Waals surface area contributed by atoms with Crippen LogP contribution < -0.4 is 20.1 Å². The third-order valence-corrected chi connectivity index (χ3v) is 4.63. The molecule has 1 amide bonds. The number of aliphatic hydroxyl groups is 1. The standard InChI is InChI=1S/C23H30N2O4/c1-23(2,3)24-13-17(26)15-29-19-10-11-20(22-18(19)9-12-21(27)25-22)28-14-16-7-5-4-6-8-16/h4-8,10-11,17,24,26H,9,12-15H2,1-3H3,(H,25,27). The van der Waals surface area contributed by atoms with Crippen molar-refractivity contribution in [2.24, 2.45) is 0 Å². The van der Waals surface area contributed by atoms with Crippen molar-refractivity contribution in [1.29, 1.82) is 0 Å². The molecule has 0 saturated carbocycles. The van der Waals surface area contributed by atoms with Crippen LogP contribution in [0.1, 0.15) is 38.3 Å². The van der Waals surface area contributed by atoms with E-state index in [1.165, 1.54) is 0 Å². The number of benzene rings is 2. The summed E-state index contributed by atoms with van der Waals surface area (Å²) in [5, 5.41) is 16.4. The van der Waals surface area contributed by atoms with Crippen molar-refractivity contribution in [3.05, 3.63) is 53.6 Å². The molecule has 0 saturated heterocycles. The van der Waals surface area contributed by atoms with E-state index in [0.717, 1.165) is 11.1 Å². The van der Waals surface area contributed by atoms with Gasteiger partial charge in [-0.05, 0) is 44.9 Å². The van der Waals surface area contributed by atoms with Gasteiger partial charge in [0.05, 0.1) is 5.69 Å². The number of amides is 1. The maximum absolute atomic E-state index is 12.0. The van der Waals surface area contributed by atoms with E-state index >= 15 is 0 Å². The summed E-state index contributed by atoms with van der Waals surface area (Å²) >= 11 is 0. The normalized spacial score (nSPS) is 14.7. The Labute approximate surface area is 172 Å². The van der Waals surface area contributed by atoms with Gasteiger partial charge in [0, 0.05) is 24.1 Å². The van der Waals surface area contributed by atoms with Crippen LogP contribution in [0.15, 0.2) is 42.5 Å². The monoisotopic (exact) mass is 398 g/mol. The minimum Gasteiger partial charge on any atom is -0.490 e. The summed E-state index contributed by atoms with van der Waals surface area (Å²) in [6.45, 7) is 7.18. The quantitative estimate of drug-likeness (QED) is 0.636. The third-order valence-electron chi connectivity index (χ3n) is 4.63. The summed E-state index contributed by atoms with van der Waals surface area (Å²) in [6, 6.07) is 13.5. The SMILES string of the molecule is CC(C)(C)NCC(O)COc1ccc(OCc2ccccc2)c2c1CCC(=O)N2. The van der Waals surface area contributed by atoms with Crippen molar-refractivity contribution in [1.82, 2.24) is 5.32 Å². The molecule has 1 atom stereocenters. The molecule has 1 heterocycles. The van der Waals surface area contributed by atoms with Crippen molar-refractivity contribution in [2.75, 3.05) is 18.5 Å². The van der Waals surface area contributed by atoms with Gasteiger partial charge in [0.2, 0.25) is 5.91 Å². The molecule has 3 N–H and O–H groups in total. The van der Waals surface area contributed by atoms with Crippen molar-refractivity contribution in [3.8, 4) is 11.5 Å². The van der Waals surface area contributed by atoms with Crippen LogP contribution >= 0.6 is 0 Å². The van der Waals surface area contributed by atoms with Crippen LogP contribution in [0.3, 0.4) is 0 Å². The summed E-state index contributed by atoms with van der Waals surface area (Å²) in [4.78, 5) is 12.0. The van der Waals surface area contributed by atoms with Crippen LogP contribution in [0.4, 0.5) is 5.69 Å². The summed E-state index contributed by atoms with van der Waals surface area (Å²) < 4.78 is 11.9. The van der Waals surface area contributed by atoms with Crippen LogP contribution in [0.2, 0.25) is 0 Å². The molecule has 0 aromatic heterocycles. The first-order valence-corrected chi connectivity index (χ1v) is 10.00. The Hall–Kier alpha value is -2.57. The number of anilines is 1. The Kier molecular flexibility index (Phi) is 6.77. The molecule has 6 heteroatoms. The largest absolute Gasteiger partial charge is 0.490 e. The van der Waals surface area contributed by atoms with E-state index in [4.69, 9.17) is 9.47 Å². The topological polar surface area (TPSA) is 79.8 Å². The Bertz CT molecular complexity index is 831. The highest BCUT2D eigenvalue weighted by atomic mass is 16.5. The van der Waals surface area contributed by atoms with E-state index < -0.39 is 6.10 Å². The number of carbonyl (C=O) groups excluding carboxylic acids is 1. The molecule has 0 aliphatic carbocycles. The van der Waals surface area contributed by atoms with Crippen molar-refractivity contribution >= 4 is 11.6 Å².